The van der Waals surface area contributed by atoms with Gasteiger partial charge in [-0.2, -0.15) is 0 Å². The average molecular weight is 226 g/mol. The van der Waals surface area contributed by atoms with Crippen molar-refractivity contribution in [3.8, 4) is 0 Å². The minimum Gasteiger partial charge on any atom is -0.0691 e. The molecular weight excluding hydrogens is 196 g/mol. The summed E-state index contributed by atoms with van der Waals surface area (Å²) in [6.45, 7) is 4.97. The Labute approximate surface area is 97.9 Å². The number of hydrogen-bond donors (Lipinski definition) is 0. The molecule has 0 aromatic rings. The van der Waals surface area contributed by atoms with Crippen LogP contribution in [0, 0.1) is 0 Å². The third kappa shape index (κ3) is 5.75. The van der Waals surface area contributed by atoms with Crippen molar-refractivity contribution < 1.29 is 0 Å². The van der Waals surface area contributed by atoms with Gasteiger partial charge in [0.05, 0.1) is 8.07 Å². The lowest BCUT2D eigenvalue weighted by Crippen LogP contribution is -2.31. The van der Waals surface area contributed by atoms with Gasteiger partial charge in [0.1, 0.15) is 0 Å². The quantitative estimate of drug-likeness (QED) is 0.391. The second kappa shape index (κ2) is 7.48. The molecule has 0 atom stereocenters. The fourth-order valence-corrected chi connectivity index (χ4v) is 7.05. The van der Waals surface area contributed by atoms with Crippen LogP contribution >= 0.6 is 0 Å². The van der Waals surface area contributed by atoms with Gasteiger partial charge in [-0.25, -0.2) is 0 Å². The average Bonchev–Trinajstić information content (AvgIpc) is 2.24. The molecule has 90 valence electrons. The van der Waals surface area contributed by atoms with Crippen molar-refractivity contribution in [1.29, 1.82) is 0 Å². The van der Waals surface area contributed by atoms with Gasteiger partial charge < -0.3 is 0 Å². The zero-order valence-electron chi connectivity index (χ0n) is 11.0. The van der Waals surface area contributed by atoms with Gasteiger partial charge in [-0.05, 0) is 0 Å². The fourth-order valence-electron chi connectivity index (χ4n) is 2.99. The van der Waals surface area contributed by atoms with E-state index >= 15 is 0 Å². The standard InChI is InChI=1S/C14H30Si/c1-3-4-5-6-7-9-12-15(2)13-10-8-11-14-15/h3-14H2,1-2H3. The van der Waals surface area contributed by atoms with Crippen LogP contribution in [0.4, 0.5) is 0 Å². The Hall–Kier alpha value is 0.217. The van der Waals surface area contributed by atoms with E-state index in [0.29, 0.717) is 0 Å². The van der Waals surface area contributed by atoms with Gasteiger partial charge in [0.2, 0.25) is 0 Å². The fraction of sp³-hybridized carbons (Fsp3) is 1.00. The van der Waals surface area contributed by atoms with E-state index in [0.717, 1.165) is 0 Å². The summed E-state index contributed by atoms with van der Waals surface area (Å²) in [7, 11) is -0.705. The summed E-state index contributed by atoms with van der Waals surface area (Å²) in [6, 6.07) is 4.92. The monoisotopic (exact) mass is 226 g/mol. The Kier molecular flexibility index (Phi) is 6.63. The minimum absolute atomic E-state index is 0.705. The van der Waals surface area contributed by atoms with Crippen LogP contribution in [0.25, 0.3) is 0 Å². The van der Waals surface area contributed by atoms with Crippen LogP contribution in [0.5, 0.6) is 0 Å². The highest BCUT2D eigenvalue weighted by atomic mass is 28.3. The van der Waals surface area contributed by atoms with Crippen molar-refractivity contribution in [2.45, 2.75) is 89.4 Å². The van der Waals surface area contributed by atoms with E-state index in [1.165, 1.54) is 38.5 Å². The molecule has 1 rings (SSSR count). The van der Waals surface area contributed by atoms with Crippen LogP contribution < -0.4 is 0 Å². The second-order valence-electron chi connectivity index (χ2n) is 5.89. The zero-order chi connectivity index (χ0) is 11.0. The molecule has 0 spiro atoms. The predicted octanol–water partition coefficient (Wildman–Crippen LogP) is 5.61. The number of hydrogen-bond acceptors (Lipinski definition) is 0. The van der Waals surface area contributed by atoms with E-state index in [1.54, 1.807) is 37.4 Å². The molecular formula is C14H30Si. The van der Waals surface area contributed by atoms with Crippen molar-refractivity contribution in [1.82, 2.24) is 0 Å². The molecule has 0 aromatic carbocycles. The molecule has 0 saturated carbocycles. The van der Waals surface area contributed by atoms with Gasteiger partial charge in [-0.15, -0.1) is 0 Å². The van der Waals surface area contributed by atoms with E-state index in [4.69, 9.17) is 0 Å². The summed E-state index contributed by atoms with van der Waals surface area (Å²) >= 11 is 0. The Morgan fingerprint density at radius 1 is 0.800 bits per heavy atom. The van der Waals surface area contributed by atoms with Gasteiger partial charge in [-0.3, -0.25) is 0 Å². The van der Waals surface area contributed by atoms with Crippen LogP contribution in [-0.4, -0.2) is 8.07 Å². The van der Waals surface area contributed by atoms with Crippen molar-refractivity contribution in [3.05, 3.63) is 0 Å². The molecule has 1 aliphatic rings. The molecule has 15 heavy (non-hydrogen) atoms. The third-order valence-electron chi connectivity index (χ3n) is 4.19. The van der Waals surface area contributed by atoms with Crippen LogP contribution in [-0.2, 0) is 0 Å². The molecule has 0 amide bonds. The van der Waals surface area contributed by atoms with Crippen LogP contribution in [0.2, 0.25) is 24.7 Å². The predicted molar refractivity (Wildman–Crippen MR) is 73.3 cm³/mol. The first-order valence-corrected chi connectivity index (χ1v) is 10.4. The van der Waals surface area contributed by atoms with Crippen LogP contribution in [0.1, 0.15) is 64.7 Å². The summed E-state index contributed by atoms with van der Waals surface area (Å²) < 4.78 is 0. The molecule has 1 aliphatic heterocycles. The molecule has 1 heterocycles. The molecule has 0 aromatic heterocycles. The van der Waals surface area contributed by atoms with E-state index in [9.17, 15) is 0 Å². The van der Waals surface area contributed by atoms with Gasteiger partial charge in [0, 0.05) is 0 Å². The molecule has 0 nitrogen and oxygen atoms in total. The van der Waals surface area contributed by atoms with Gasteiger partial charge in [0.15, 0.2) is 0 Å². The third-order valence-corrected chi connectivity index (χ3v) is 8.88. The molecule has 1 saturated heterocycles. The highest BCUT2D eigenvalue weighted by Crippen LogP contribution is 2.33. The largest absolute Gasteiger partial charge is 0.0691 e. The number of rotatable bonds is 7. The lowest BCUT2D eigenvalue weighted by Gasteiger charge is -2.31. The smallest absolute Gasteiger partial charge is 0.0504 e. The summed E-state index contributed by atoms with van der Waals surface area (Å²) in [5.74, 6) is 0. The summed E-state index contributed by atoms with van der Waals surface area (Å²) in [6.07, 6.45) is 13.5. The Morgan fingerprint density at radius 2 is 1.40 bits per heavy atom. The maximum absolute atomic E-state index is 2.66. The molecule has 1 fully saturated rings. The van der Waals surface area contributed by atoms with E-state index in [2.05, 4.69) is 13.5 Å². The van der Waals surface area contributed by atoms with Gasteiger partial charge >= 0.3 is 0 Å². The first-order valence-electron chi connectivity index (χ1n) is 7.27. The maximum Gasteiger partial charge on any atom is 0.0504 e. The highest BCUT2D eigenvalue weighted by molar-refractivity contribution is 6.78. The van der Waals surface area contributed by atoms with Crippen LogP contribution in [0.3, 0.4) is 0 Å². The second-order valence-corrected chi connectivity index (χ2v) is 11.0. The number of unbranched alkanes of at least 4 members (excludes halogenated alkanes) is 5. The first kappa shape index (κ1) is 13.3. The Balaban J connectivity index is 1.98. The maximum atomic E-state index is 2.66. The summed E-state index contributed by atoms with van der Waals surface area (Å²) in [4.78, 5) is 0. The molecule has 0 radical (unpaired) electrons. The van der Waals surface area contributed by atoms with Crippen molar-refractivity contribution in [3.63, 3.8) is 0 Å². The summed E-state index contributed by atoms with van der Waals surface area (Å²) in [5.41, 5.74) is 0. The molecule has 0 N–H and O–H groups in total. The molecule has 0 bridgehead atoms. The zero-order valence-corrected chi connectivity index (χ0v) is 12.0. The van der Waals surface area contributed by atoms with Gasteiger partial charge in [0.25, 0.3) is 0 Å². The molecule has 0 unspecified atom stereocenters. The van der Waals surface area contributed by atoms with Gasteiger partial charge in [-0.1, -0.05) is 89.4 Å². The minimum atomic E-state index is -0.705. The molecule has 0 aliphatic carbocycles. The lowest BCUT2D eigenvalue weighted by atomic mass is 10.1. The Morgan fingerprint density at radius 3 is 2.07 bits per heavy atom. The summed E-state index contributed by atoms with van der Waals surface area (Å²) in [5, 5.41) is 0. The van der Waals surface area contributed by atoms with Crippen LogP contribution in [0.15, 0.2) is 0 Å². The normalized spacial score (nSPS) is 20.4. The van der Waals surface area contributed by atoms with Crippen molar-refractivity contribution in [2.75, 3.05) is 0 Å². The Bertz CT molecular complexity index is 147. The van der Waals surface area contributed by atoms with Crippen molar-refractivity contribution in [2.24, 2.45) is 0 Å². The van der Waals surface area contributed by atoms with Crippen molar-refractivity contribution >= 4 is 8.07 Å². The topological polar surface area (TPSA) is 0 Å². The SMILES string of the molecule is CCCCCCCC[Si]1(C)CCCCC1. The van der Waals surface area contributed by atoms with E-state index < -0.39 is 8.07 Å². The first-order chi connectivity index (χ1) is 7.27. The highest BCUT2D eigenvalue weighted by Gasteiger charge is 2.27. The molecule has 1 heteroatoms. The lowest BCUT2D eigenvalue weighted by molar-refractivity contribution is 0.617. The van der Waals surface area contributed by atoms with E-state index in [-0.39, 0.29) is 0 Å². The van der Waals surface area contributed by atoms with E-state index in [1.807, 2.05) is 0 Å².